The highest BCUT2D eigenvalue weighted by molar-refractivity contribution is 4.94. The fraction of sp³-hybridized carbons (Fsp3) is 1.00. The zero-order valence-electron chi connectivity index (χ0n) is 18.7. The fourth-order valence-electron chi connectivity index (χ4n) is 5.01. The number of unbranched alkanes of at least 4 members (excludes halogenated alkanes) is 7. The second-order valence-electron chi connectivity index (χ2n) is 10.2. The number of hydrogen-bond acceptors (Lipinski definition) is 4. The van der Waals surface area contributed by atoms with Gasteiger partial charge in [-0.05, 0) is 36.5 Å². The summed E-state index contributed by atoms with van der Waals surface area (Å²) in [5, 5.41) is 13.6. The van der Waals surface area contributed by atoms with Crippen molar-refractivity contribution in [3.05, 3.63) is 0 Å². The Morgan fingerprint density at radius 1 is 1.04 bits per heavy atom. The van der Waals surface area contributed by atoms with Gasteiger partial charge in [0.25, 0.3) is 0 Å². The Bertz CT molecular complexity index is 375. The Kier molecular flexibility index (Phi) is 12.1. The van der Waals surface area contributed by atoms with Gasteiger partial charge in [0.1, 0.15) is 0 Å². The van der Waals surface area contributed by atoms with E-state index in [4.69, 9.17) is 10.5 Å². The Morgan fingerprint density at radius 3 is 2.30 bits per heavy atom. The van der Waals surface area contributed by atoms with Crippen molar-refractivity contribution in [1.82, 2.24) is 5.32 Å². The average Bonchev–Trinajstić information content (AvgIpc) is 2.54. The molecule has 0 aromatic carbocycles. The highest BCUT2D eigenvalue weighted by Crippen LogP contribution is 2.45. The van der Waals surface area contributed by atoms with E-state index in [1.165, 1.54) is 51.4 Å². The number of aliphatic hydroxyl groups is 1. The van der Waals surface area contributed by atoms with Crippen LogP contribution in [-0.4, -0.2) is 43.6 Å². The normalized spacial score (nSPS) is 26.2. The molecule has 0 aliphatic heterocycles. The van der Waals surface area contributed by atoms with E-state index in [-0.39, 0.29) is 5.41 Å². The summed E-state index contributed by atoms with van der Waals surface area (Å²) in [6.07, 6.45) is 13.4. The lowest BCUT2D eigenvalue weighted by molar-refractivity contribution is 0.0305. The van der Waals surface area contributed by atoms with Crippen LogP contribution in [0.3, 0.4) is 0 Å². The molecular formula is C23H48N2O2. The second kappa shape index (κ2) is 13.1. The summed E-state index contributed by atoms with van der Waals surface area (Å²) in [5.74, 6) is 0. The Morgan fingerprint density at radius 2 is 1.67 bits per heavy atom. The molecule has 162 valence electrons. The molecule has 1 aliphatic rings. The van der Waals surface area contributed by atoms with Gasteiger partial charge in [0.2, 0.25) is 0 Å². The molecule has 0 spiro atoms. The van der Waals surface area contributed by atoms with E-state index in [2.05, 4.69) is 33.0 Å². The fourth-order valence-corrected chi connectivity index (χ4v) is 5.01. The molecule has 0 aromatic heterocycles. The highest BCUT2D eigenvalue weighted by atomic mass is 16.5. The molecule has 0 heterocycles. The van der Waals surface area contributed by atoms with Crippen molar-refractivity contribution >= 4 is 0 Å². The van der Waals surface area contributed by atoms with Gasteiger partial charge in [-0.1, -0.05) is 72.6 Å². The van der Waals surface area contributed by atoms with E-state index in [1.54, 1.807) is 0 Å². The van der Waals surface area contributed by atoms with Crippen molar-refractivity contribution in [1.29, 1.82) is 0 Å². The lowest BCUT2D eigenvalue weighted by atomic mass is 9.63. The first-order chi connectivity index (χ1) is 12.8. The Labute approximate surface area is 169 Å². The highest BCUT2D eigenvalue weighted by Gasteiger charge is 2.39. The topological polar surface area (TPSA) is 67.5 Å². The molecule has 4 N–H and O–H groups in total. The van der Waals surface area contributed by atoms with Crippen molar-refractivity contribution in [2.75, 3.05) is 26.3 Å². The van der Waals surface area contributed by atoms with E-state index >= 15 is 0 Å². The molecular weight excluding hydrogens is 336 g/mol. The Balaban J connectivity index is 2.00. The molecule has 1 saturated carbocycles. The van der Waals surface area contributed by atoms with Gasteiger partial charge in [-0.3, -0.25) is 0 Å². The number of ether oxygens (including phenoxy) is 1. The van der Waals surface area contributed by atoms with Crippen LogP contribution < -0.4 is 11.1 Å². The van der Waals surface area contributed by atoms with Crippen LogP contribution in [0.25, 0.3) is 0 Å². The first-order valence-electron chi connectivity index (χ1n) is 11.5. The minimum atomic E-state index is -0.423. The van der Waals surface area contributed by atoms with Crippen molar-refractivity contribution in [2.45, 2.75) is 110 Å². The summed E-state index contributed by atoms with van der Waals surface area (Å²) in [7, 11) is 0. The molecule has 0 aromatic rings. The third kappa shape index (κ3) is 12.1. The summed E-state index contributed by atoms with van der Waals surface area (Å²) in [4.78, 5) is 0. The Hall–Kier alpha value is -0.160. The minimum Gasteiger partial charge on any atom is -0.389 e. The molecule has 4 nitrogen and oxygen atoms in total. The number of nitrogens with one attached hydrogen (secondary N) is 1. The SMILES string of the molecule is CCCCCCCCCCOCC(O)CNCC1(C)CC(N)CC(C)(C)C1. The lowest BCUT2D eigenvalue weighted by Gasteiger charge is -2.46. The van der Waals surface area contributed by atoms with Crippen LogP contribution in [0.5, 0.6) is 0 Å². The van der Waals surface area contributed by atoms with Gasteiger partial charge in [-0.25, -0.2) is 0 Å². The third-order valence-corrected chi connectivity index (χ3v) is 5.86. The first kappa shape index (κ1) is 24.9. The number of nitrogens with two attached hydrogens (primary N) is 1. The van der Waals surface area contributed by atoms with Gasteiger partial charge in [0.05, 0.1) is 12.7 Å². The first-order valence-corrected chi connectivity index (χ1v) is 11.5. The molecule has 1 rings (SSSR count). The maximum atomic E-state index is 10.1. The zero-order valence-corrected chi connectivity index (χ0v) is 18.7. The van der Waals surface area contributed by atoms with Gasteiger partial charge in [0.15, 0.2) is 0 Å². The van der Waals surface area contributed by atoms with Crippen LogP contribution in [0.1, 0.15) is 98.3 Å². The van der Waals surface area contributed by atoms with Crippen LogP contribution in [0, 0.1) is 10.8 Å². The quantitative estimate of drug-likeness (QED) is 0.360. The molecule has 1 aliphatic carbocycles. The molecule has 3 unspecified atom stereocenters. The third-order valence-electron chi connectivity index (χ3n) is 5.86. The average molecular weight is 385 g/mol. The van der Waals surface area contributed by atoms with Crippen LogP contribution in [0.15, 0.2) is 0 Å². The summed E-state index contributed by atoms with van der Waals surface area (Å²) in [5.41, 5.74) is 6.80. The molecule has 0 amide bonds. The van der Waals surface area contributed by atoms with Crippen molar-refractivity contribution < 1.29 is 9.84 Å². The number of rotatable bonds is 15. The maximum Gasteiger partial charge on any atom is 0.0897 e. The second-order valence-corrected chi connectivity index (χ2v) is 10.2. The standard InChI is InChI=1S/C23H48N2O2/c1-5-6-7-8-9-10-11-12-13-27-17-21(26)16-25-19-23(4)15-20(24)14-22(2,3)18-23/h20-21,25-26H,5-19,24H2,1-4H3. The van der Waals surface area contributed by atoms with E-state index in [1.807, 2.05) is 0 Å². The van der Waals surface area contributed by atoms with Crippen LogP contribution in [0.2, 0.25) is 0 Å². The van der Waals surface area contributed by atoms with Gasteiger partial charge in [-0.2, -0.15) is 0 Å². The van der Waals surface area contributed by atoms with Gasteiger partial charge >= 0.3 is 0 Å². The summed E-state index contributed by atoms with van der Waals surface area (Å²) in [6.45, 7) is 11.9. The van der Waals surface area contributed by atoms with Crippen molar-refractivity contribution in [3.63, 3.8) is 0 Å². The predicted molar refractivity (Wildman–Crippen MR) is 116 cm³/mol. The molecule has 4 heteroatoms. The summed E-state index contributed by atoms with van der Waals surface area (Å²) in [6, 6.07) is 0.292. The van der Waals surface area contributed by atoms with Gasteiger partial charge in [-0.15, -0.1) is 0 Å². The molecule has 27 heavy (non-hydrogen) atoms. The monoisotopic (exact) mass is 384 g/mol. The van der Waals surface area contributed by atoms with Gasteiger partial charge < -0.3 is 20.9 Å². The smallest absolute Gasteiger partial charge is 0.0897 e. The summed E-state index contributed by atoms with van der Waals surface area (Å²) >= 11 is 0. The van der Waals surface area contributed by atoms with Crippen LogP contribution in [0.4, 0.5) is 0 Å². The molecule has 3 atom stereocenters. The van der Waals surface area contributed by atoms with Crippen molar-refractivity contribution in [3.8, 4) is 0 Å². The molecule has 0 radical (unpaired) electrons. The van der Waals surface area contributed by atoms with Crippen LogP contribution >= 0.6 is 0 Å². The lowest BCUT2D eigenvalue weighted by Crippen LogP contribution is -2.47. The van der Waals surface area contributed by atoms with Crippen molar-refractivity contribution in [2.24, 2.45) is 16.6 Å². The maximum absolute atomic E-state index is 10.1. The van der Waals surface area contributed by atoms with E-state index in [9.17, 15) is 5.11 Å². The van der Waals surface area contributed by atoms with E-state index in [0.717, 1.165) is 32.4 Å². The molecule has 0 bridgehead atoms. The molecule has 0 saturated heterocycles. The minimum absolute atomic E-state index is 0.221. The largest absolute Gasteiger partial charge is 0.389 e. The zero-order chi connectivity index (χ0) is 20.2. The van der Waals surface area contributed by atoms with Crippen LogP contribution in [-0.2, 0) is 4.74 Å². The van der Waals surface area contributed by atoms with Gasteiger partial charge in [0, 0.05) is 25.7 Å². The number of hydrogen-bond donors (Lipinski definition) is 3. The summed E-state index contributed by atoms with van der Waals surface area (Å²) < 4.78 is 5.65. The van der Waals surface area contributed by atoms with E-state index in [0.29, 0.717) is 24.6 Å². The predicted octanol–water partition coefficient (Wildman–Crippen LogP) is 4.64. The number of aliphatic hydroxyl groups excluding tert-OH is 1. The molecule has 1 fully saturated rings. The van der Waals surface area contributed by atoms with E-state index < -0.39 is 6.10 Å².